The maximum absolute atomic E-state index is 12.0. The van der Waals surface area contributed by atoms with E-state index in [0.29, 0.717) is 0 Å². The highest BCUT2D eigenvalue weighted by Crippen LogP contribution is 2.20. The molecule has 0 saturated carbocycles. The van der Waals surface area contributed by atoms with Crippen LogP contribution in [0.15, 0.2) is 12.7 Å². The van der Waals surface area contributed by atoms with Gasteiger partial charge in [-0.3, -0.25) is 9.59 Å². The van der Waals surface area contributed by atoms with Gasteiger partial charge in [-0.1, -0.05) is 27.4 Å². The number of hydrogen-bond donors (Lipinski definition) is 1. The first-order valence-electron chi connectivity index (χ1n) is 6.07. The van der Waals surface area contributed by atoms with Crippen molar-refractivity contribution in [2.24, 2.45) is 5.41 Å². The van der Waals surface area contributed by atoms with Gasteiger partial charge in [0.05, 0.1) is 0 Å². The number of rotatable bonds is 2. The van der Waals surface area contributed by atoms with Crippen LogP contribution in [0.4, 0.5) is 0 Å². The van der Waals surface area contributed by atoms with Crippen molar-refractivity contribution in [2.75, 3.05) is 13.1 Å². The molecule has 2 amide bonds. The summed E-state index contributed by atoms with van der Waals surface area (Å²) in [5.41, 5.74) is -0.322. The second kappa shape index (κ2) is 5.34. The van der Waals surface area contributed by atoms with Gasteiger partial charge in [0.15, 0.2) is 0 Å². The average molecular weight is 238 g/mol. The third-order valence-electron chi connectivity index (χ3n) is 2.96. The summed E-state index contributed by atoms with van der Waals surface area (Å²) in [5, 5.41) is 2.87. The van der Waals surface area contributed by atoms with Crippen LogP contribution in [0.3, 0.4) is 0 Å². The average Bonchev–Trinajstić information content (AvgIpc) is 2.27. The molecule has 17 heavy (non-hydrogen) atoms. The van der Waals surface area contributed by atoms with Gasteiger partial charge in [-0.2, -0.15) is 0 Å². The lowest BCUT2D eigenvalue weighted by Gasteiger charge is -2.35. The summed E-state index contributed by atoms with van der Waals surface area (Å²) >= 11 is 0. The lowest BCUT2D eigenvalue weighted by atomic mass is 9.93. The van der Waals surface area contributed by atoms with Crippen LogP contribution in [0.25, 0.3) is 0 Å². The maximum Gasteiger partial charge on any atom is 0.243 e. The van der Waals surface area contributed by atoms with E-state index in [1.54, 1.807) is 0 Å². The number of hydrogen-bond acceptors (Lipinski definition) is 2. The standard InChI is InChI=1S/C13H22N2O2/c1-5-11(16)14-10-6-8-15(9-7-10)12(17)13(2,3)4/h5,10H,1,6-9H2,2-4H3,(H,14,16). The van der Waals surface area contributed by atoms with E-state index in [1.807, 2.05) is 25.7 Å². The molecule has 0 aromatic heterocycles. The Bertz CT molecular complexity index is 310. The van der Waals surface area contributed by atoms with E-state index in [1.165, 1.54) is 6.08 Å². The molecule has 0 radical (unpaired) electrons. The largest absolute Gasteiger partial charge is 0.350 e. The van der Waals surface area contributed by atoms with Crippen LogP contribution < -0.4 is 5.32 Å². The molecule has 1 rings (SSSR count). The number of carbonyl (C=O) groups excluding carboxylic acids is 2. The highest BCUT2D eigenvalue weighted by Gasteiger charge is 2.30. The maximum atomic E-state index is 12.0. The van der Waals surface area contributed by atoms with E-state index in [2.05, 4.69) is 11.9 Å². The normalized spacial score (nSPS) is 17.7. The second-order valence-electron chi connectivity index (χ2n) is 5.53. The first-order valence-corrected chi connectivity index (χ1v) is 6.07. The number of nitrogens with one attached hydrogen (secondary N) is 1. The molecule has 0 spiro atoms. The predicted octanol–water partition coefficient (Wildman–Crippen LogP) is 1.33. The van der Waals surface area contributed by atoms with Gasteiger partial charge in [-0.15, -0.1) is 0 Å². The van der Waals surface area contributed by atoms with Gasteiger partial charge < -0.3 is 10.2 Å². The summed E-state index contributed by atoms with van der Waals surface area (Å²) in [6, 6.07) is 0.171. The van der Waals surface area contributed by atoms with Crippen LogP contribution in [0.1, 0.15) is 33.6 Å². The minimum absolute atomic E-state index is 0.134. The van der Waals surface area contributed by atoms with Gasteiger partial charge in [0.2, 0.25) is 11.8 Å². The van der Waals surface area contributed by atoms with Crippen LogP contribution in [0, 0.1) is 5.41 Å². The quantitative estimate of drug-likeness (QED) is 0.738. The summed E-state index contributed by atoms with van der Waals surface area (Å²) in [5.74, 6) is 0.0524. The zero-order valence-corrected chi connectivity index (χ0v) is 11.0. The monoisotopic (exact) mass is 238 g/mol. The molecule has 0 aromatic rings. The summed E-state index contributed by atoms with van der Waals surface area (Å²) in [6.45, 7) is 10.7. The smallest absolute Gasteiger partial charge is 0.243 e. The first-order chi connectivity index (χ1) is 7.84. The van der Waals surface area contributed by atoms with Crippen molar-refractivity contribution in [3.63, 3.8) is 0 Å². The molecule has 1 saturated heterocycles. The van der Waals surface area contributed by atoms with Gasteiger partial charge in [-0.05, 0) is 18.9 Å². The van der Waals surface area contributed by atoms with Crippen molar-refractivity contribution in [2.45, 2.75) is 39.7 Å². The Labute approximate surface area is 103 Å². The summed E-state index contributed by atoms with van der Waals surface area (Å²) in [7, 11) is 0. The molecule has 1 fully saturated rings. The summed E-state index contributed by atoms with van der Waals surface area (Å²) in [4.78, 5) is 25.1. The predicted molar refractivity (Wildman–Crippen MR) is 67.4 cm³/mol. The Morgan fingerprint density at radius 1 is 1.29 bits per heavy atom. The van der Waals surface area contributed by atoms with E-state index in [4.69, 9.17) is 0 Å². The molecular formula is C13H22N2O2. The number of carbonyl (C=O) groups is 2. The van der Waals surface area contributed by atoms with Crippen LogP contribution in [0.2, 0.25) is 0 Å². The zero-order valence-electron chi connectivity index (χ0n) is 11.0. The van der Waals surface area contributed by atoms with Gasteiger partial charge in [0.25, 0.3) is 0 Å². The molecule has 4 nitrogen and oxygen atoms in total. The fourth-order valence-electron chi connectivity index (χ4n) is 1.96. The molecule has 1 heterocycles. The third kappa shape index (κ3) is 3.88. The Balaban J connectivity index is 2.43. The Morgan fingerprint density at radius 2 is 1.82 bits per heavy atom. The molecule has 96 valence electrons. The minimum Gasteiger partial charge on any atom is -0.350 e. The van der Waals surface area contributed by atoms with Gasteiger partial charge >= 0.3 is 0 Å². The molecule has 0 aliphatic carbocycles. The molecule has 0 aromatic carbocycles. The minimum atomic E-state index is -0.322. The van der Waals surface area contributed by atoms with Crippen LogP contribution >= 0.6 is 0 Å². The lowest BCUT2D eigenvalue weighted by molar-refractivity contribution is -0.140. The number of nitrogens with zero attached hydrogens (tertiary/aromatic N) is 1. The van der Waals surface area contributed by atoms with E-state index < -0.39 is 0 Å². The Morgan fingerprint density at radius 3 is 2.24 bits per heavy atom. The van der Waals surface area contributed by atoms with Crippen molar-refractivity contribution in [3.05, 3.63) is 12.7 Å². The Hall–Kier alpha value is -1.32. The fraction of sp³-hybridized carbons (Fsp3) is 0.692. The van der Waals surface area contributed by atoms with E-state index in [-0.39, 0.29) is 23.3 Å². The molecule has 0 atom stereocenters. The van der Waals surface area contributed by atoms with Crippen LogP contribution in [-0.4, -0.2) is 35.8 Å². The number of amides is 2. The SMILES string of the molecule is C=CC(=O)NC1CCN(C(=O)C(C)(C)C)CC1. The molecule has 1 aliphatic rings. The van der Waals surface area contributed by atoms with Crippen LogP contribution in [0.5, 0.6) is 0 Å². The topological polar surface area (TPSA) is 49.4 Å². The van der Waals surface area contributed by atoms with Crippen molar-refractivity contribution in [3.8, 4) is 0 Å². The zero-order chi connectivity index (χ0) is 13.1. The van der Waals surface area contributed by atoms with E-state index in [9.17, 15) is 9.59 Å². The van der Waals surface area contributed by atoms with Gasteiger partial charge in [-0.25, -0.2) is 0 Å². The van der Waals surface area contributed by atoms with E-state index in [0.717, 1.165) is 25.9 Å². The van der Waals surface area contributed by atoms with Gasteiger partial charge in [0, 0.05) is 24.5 Å². The lowest BCUT2D eigenvalue weighted by Crippen LogP contribution is -2.49. The van der Waals surface area contributed by atoms with Crippen molar-refractivity contribution >= 4 is 11.8 Å². The molecular weight excluding hydrogens is 216 g/mol. The molecule has 1 N–H and O–H groups in total. The fourth-order valence-corrected chi connectivity index (χ4v) is 1.96. The summed E-state index contributed by atoms with van der Waals surface area (Å²) < 4.78 is 0. The van der Waals surface area contributed by atoms with Gasteiger partial charge in [0.1, 0.15) is 0 Å². The Kier molecular flexibility index (Phi) is 4.32. The van der Waals surface area contributed by atoms with Crippen molar-refractivity contribution in [1.29, 1.82) is 0 Å². The number of piperidine rings is 1. The summed E-state index contributed by atoms with van der Waals surface area (Å²) in [6.07, 6.45) is 2.93. The molecule has 1 aliphatic heterocycles. The highest BCUT2D eigenvalue weighted by atomic mass is 16.2. The molecule has 4 heteroatoms. The van der Waals surface area contributed by atoms with E-state index >= 15 is 0 Å². The van der Waals surface area contributed by atoms with Crippen LogP contribution in [-0.2, 0) is 9.59 Å². The van der Waals surface area contributed by atoms with Crippen molar-refractivity contribution in [1.82, 2.24) is 10.2 Å². The first kappa shape index (κ1) is 13.7. The van der Waals surface area contributed by atoms with Crippen molar-refractivity contribution < 1.29 is 9.59 Å². The number of likely N-dealkylation sites (tertiary alicyclic amines) is 1. The molecule has 0 unspecified atom stereocenters. The third-order valence-corrected chi connectivity index (χ3v) is 2.96. The second-order valence-corrected chi connectivity index (χ2v) is 5.53. The molecule has 0 bridgehead atoms. The highest BCUT2D eigenvalue weighted by molar-refractivity contribution is 5.87.